The summed E-state index contributed by atoms with van der Waals surface area (Å²) >= 11 is 3.17. The van der Waals surface area contributed by atoms with Gasteiger partial charge in [-0.3, -0.25) is 0 Å². The predicted molar refractivity (Wildman–Crippen MR) is 33.2 cm³/mol. The topological polar surface area (TPSA) is 39.6 Å². The number of nitrogens with one attached hydrogen (secondary N) is 1. The zero-order valence-electron chi connectivity index (χ0n) is 3.98. The maximum Gasteiger partial charge on any atom is 0.118 e. The lowest BCUT2D eigenvalue weighted by Crippen LogP contribution is -1.66. The molecule has 3 heteroatoms. The molecule has 0 aliphatic rings. The molecule has 0 aliphatic carbocycles. The maximum absolute atomic E-state index is 8.25. The van der Waals surface area contributed by atoms with Crippen LogP contribution < -0.4 is 0 Å². The SMILES string of the molecule is N#Cc1ccc(Br)[nH]1. The summed E-state index contributed by atoms with van der Waals surface area (Å²) in [6.07, 6.45) is 0. The molecule has 0 saturated heterocycles. The fourth-order valence-electron chi connectivity index (χ4n) is 0.434. The van der Waals surface area contributed by atoms with Crippen molar-refractivity contribution in [2.24, 2.45) is 0 Å². The van der Waals surface area contributed by atoms with E-state index in [4.69, 9.17) is 5.26 Å². The molecule has 8 heavy (non-hydrogen) atoms. The van der Waals surface area contributed by atoms with Gasteiger partial charge in [-0.2, -0.15) is 5.26 Å². The number of hydrogen-bond donors (Lipinski definition) is 1. The lowest BCUT2D eigenvalue weighted by atomic mass is 10.5. The first-order valence-corrected chi connectivity index (χ1v) is 2.87. The van der Waals surface area contributed by atoms with E-state index < -0.39 is 0 Å². The molecule has 2 nitrogen and oxygen atoms in total. The monoisotopic (exact) mass is 170 g/mol. The molecule has 0 aliphatic heterocycles. The summed E-state index contributed by atoms with van der Waals surface area (Å²) in [7, 11) is 0. The third kappa shape index (κ3) is 0.903. The second-order valence-corrected chi connectivity index (χ2v) is 2.19. The summed E-state index contributed by atoms with van der Waals surface area (Å²) in [5.74, 6) is 0. The molecule has 0 spiro atoms. The first kappa shape index (κ1) is 5.39. The Labute approximate surface area is 55.3 Å². The highest BCUT2D eigenvalue weighted by Crippen LogP contribution is 2.06. The van der Waals surface area contributed by atoms with Gasteiger partial charge in [-0.15, -0.1) is 0 Å². The van der Waals surface area contributed by atoms with Gasteiger partial charge in [-0.1, -0.05) is 0 Å². The van der Waals surface area contributed by atoms with E-state index >= 15 is 0 Å². The summed E-state index contributed by atoms with van der Waals surface area (Å²) in [4.78, 5) is 2.78. The number of rotatable bonds is 0. The summed E-state index contributed by atoms with van der Waals surface area (Å²) in [5, 5.41) is 8.25. The number of aromatic amines is 1. The molecular weight excluding hydrogens is 168 g/mol. The third-order valence-corrected chi connectivity index (χ3v) is 1.23. The highest BCUT2D eigenvalue weighted by Gasteiger charge is 1.89. The van der Waals surface area contributed by atoms with Gasteiger partial charge in [-0.05, 0) is 28.1 Å². The second-order valence-electron chi connectivity index (χ2n) is 1.33. The first-order valence-electron chi connectivity index (χ1n) is 2.07. The summed E-state index contributed by atoms with van der Waals surface area (Å²) in [6.45, 7) is 0. The predicted octanol–water partition coefficient (Wildman–Crippen LogP) is 1.65. The molecule has 1 aromatic heterocycles. The fourth-order valence-corrected chi connectivity index (χ4v) is 0.779. The van der Waals surface area contributed by atoms with Crippen LogP contribution >= 0.6 is 15.9 Å². The summed E-state index contributed by atoms with van der Waals surface area (Å²) in [6, 6.07) is 5.46. The van der Waals surface area contributed by atoms with Gasteiger partial charge in [0.2, 0.25) is 0 Å². The molecule has 1 heterocycles. The van der Waals surface area contributed by atoms with E-state index in [9.17, 15) is 0 Å². The van der Waals surface area contributed by atoms with Crippen molar-refractivity contribution < 1.29 is 0 Å². The minimum atomic E-state index is 0.580. The molecule has 1 rings (SSSR count). The standard InChI is InChI=1S/C5H3BrN2/c6-5-2-1-4(3-7)8-5/h1-2,8H. The van der Waals surface area contributed by atoms with Crippen LogP contribution in [0, 0.1) is 11.3 Å². The molecule has 0 atom stereocenters. The van der Waals surface area contributed by atoms with Crippen LogP contribution in [0.5, 0.6) is 0 Å². The Morgan fingerprint density at radius 2 is 2.38 bits per heavy atom. The van der Waals surface area contributed by atoms with Crippen molar-refractivity contribution in [3.63, 3.8) is 0 Å². The van der Waals surface area contributed by atoms with Crippen LogP contribution in [0.25, 0.3) is 0 Å². The van der Waals surface area contributed by atoms with Crippen LogP contribution in [0.3, 0.4) is 0 Å². The molecule has 1 aromatic rings. The van der Waals surface area contributed by atoms with Crippen molar-refractivity contribution in [3.05, 3.63) is 22.4 Å². The zero-order valence-corrected chi connectivity index (χ0v) is 5.57. The van der Waals surface area contributed by atoms with Crippen LogP contribution in [-0.2, 0) is 0 Å². The van der Waals surface area contributed by atoms with Gasteiger partial charge in [0.05, 0.1) is 4.60 Å². The lowest BCUT2D eigenvalue weighted by Gasteiger charge is -1.73. The van der Waals surface area contributed by atoms with Crippen LogP contribution in [0.2, 0.25) is 0 Å². The number of aromatic nitrogens is 1. The highest BCUT2D eigenvalue weighted by molar-refractivity contribution is 9.10. The maximum atomic E-state index is 8.25. The Bertz CT molecular complexity index is 221. The number of nitriles is 1. The molecule has 0 fully saturated rings. The van der Waals surface area contributed by atoms with Gasteiger partial charge in [0.15, 0.2) is 0 Å². The van der Waals surface area contributed by atoms with Crippen molar-refractivity contribution in [2.45, 2.75) is 0 Å². The minimum Gasteiger partial charge on any atom is -0.341 e. The quantitative estimate of drug-likeness (QED) is 0.633. The van der Waals surface area contributed by atoms with E-state index in [2.05, 4.69) is 20.9 Å². The normalized spacial score (nSPS) is 8.50. The van der Waals surface area contributed by atoms with Gasteiger partial charge in [0.1, 0.15) is 11.8 Å². The van der Waals surface area contributed by atoms with Crippen LogP contribution in [-0.4, -0.2) is 4.98 Å². The zero-order chi connectivity index (χ0) is 5.98. The molecule has 1 N–H and O–H groups in total. The summed E-state index contributed by atoms with van der Waals surface area (Å²) in [5.41, 5.74) is 0.580. The number of halogens is 1. The Hall–Kier alpha value is -0.750. The van der Waals surface area contributed by atoms with Crippen LogP contribution in [0.4, 0.5) is 0 Å². The molecule has 40 valence electrons. The van der Waals surface area contributed by atoms with Crippen LogP contribution in [0.1, 0.15) is 5.69 Å². The van der Waals surface area contributed by atoms with Crippen molar-refractivity contribution >= 4 is 15.9 Å². The Balaban J connectivity index is 3.05. The molecule has 0 unspecified atom stereocenters. The molecule has 0 aromatic carbocycles. The van der Waals surface area contributed by atoms with Gasteiger partial charge in [-0.25, -0.2) is 0 Å². The fraction of sp³-hybridized carbons (Fsp3) is 0. The Morgan fingerprint density at radius 1 is 1.62 bits per heavy atom. The second kappa shape index (κ2) is 2.01. The highest BCUT2D eigenvalue weighted by atomic mass is 79.9. The largest absolute Gasteiger partial charge is 0.341 e. The van der Waals surface area contributed by atoms with E-state index in [0.29, 0.717) is 5.69 Å². The molecule has 0 amide bonds. The third-order valence-electron chi connectivity index (χ3n) is 0.771. The molecule has 0 saturated carbocycles. The lowest BCUT2D eigenvalue weighted by molar-refractivity contribution is 1.30. The number of nitrogens with zero attached hydrogens (tertiary/aromatic N) is 1. The molecule has 0 radical (unpaired) electrons. The van der Waals surface area contributed by atoms with Gasteiger partial charge >= 0.3 is 0 Å². The smallest absolute Gasteiger partial charge is 0.118 e. The number of hydrogen-bond acceptors (Lipinski definition) is 1. The summed E-state index contributed by atoms with van der Waals surface area (Å²) < 4.78 is 0.842. The van der Waals surface area contributed by atoms with Gasteiger partial charge in [0, 0.05) is 0 Å². The van der Waals surface area contributed by atoms with Crippen molar-refractivity contribution in [1.82, 2.24) is 4.98 Å². The van der Waals surface area contributed by atoms with E-state index in [-0.39, 0.29) is 0 Å². The molecule has 0 bridgehead atoms. The van der Waals surface area contributed by atoms with Gasteiger partial charge in [0.25, 0.3) is 0 Å². The number of H-pyrrole nitrogens is 1. The van der Waals surface area contributed by atoms with E-state index in [0.717, 1.165) is 4.60 Å². The average Bonchev–Trinajstić information content (AvgIpc) is 2.14. The van der Waals surface area contributed by atoms with Crippen LogP contribution in [0.15, 0.2) is 16.7 Å². The van der Waals surface area contributed by atoms with Gasteiger partial charge < -0.3 is 4.98 Å². The van der Waals surface area contributed by atoms with Crippen molar-refractivity contribution in [3.8, 4) is 6.07 Å². The van der Waals surface area contributed by atoms with E-state index in [1.807, 2.05) is 6.07 Å². The Kier molecular flexibility index (Phi) is 1.36. The van der Waals surface area contributed by atoms with E-state index in [1.165, 1.54) is 0 Å². The van der Waals surface area contributed by atoms with Crippen molar-refractivity contribution in [1.29, 1.82) is 5.26 Å². The molecular formula is C5H3BrN2. The average molecular weight is 171 g/mol. The van der Waals surface area contributed by atoms with E-state index in [1.54, 1.807) is 12.1 Å². The first-order chi connectivity index (χ1) is 3.83. The Morgan fingerprint density at radius 3 is 2.62 bits per heavy atom. The van der Waals surface area contributed by atoms with Crippen molar-refractivity contribution in [2.75, 3.05) is 0 Å². The minimum absolute atomic E-state index is 0.580.